The lowest BCUT2D eigenvalue weighted by Gasteiger charge is -2.05. The van der Waals surface area contributed by atoms with Crippen LogP contribution in [0.25, 0.3) is 0 Å². The first-order chi connectivity index (χ1) is 9.99. The summed E-state index contributed by atoms with van der Waals surface area (Å²) in [6, 6.07) is 8.89. The number of nitrogens with zero attached hydrogens (tertiary/aromatic N) is 1. The summed E-state index contributed by atoms with van der Waals surface area (Å²) in [6.45, 7) is 0. The van der Waals surface area contributed by atoms with Crippen LogP contribution in [0.15, 0.2) is 58.6 Å². The van der Waals surface area contributed by atoms with Gasteiger partial charge in [0.1, 0.15) is 0 Å². The lowest BCUT2D eigenvalue weighted by atomic mass is 10.2. The van der Waals surface area contributed by atoms with Crippen molar-refractivity contribution in [1.29, 1.82) is 0 Å². The molecule has 0 aliphatic carbocycles. The molecule has 1 heterocycles. The zero-order valence-corrected chi connectivity index (χ0v) is 12.6. The molecular formula is C14H13NO4S2. The van der Waals surface area contributed by atoms with Crippen molar-refractivity contribution >= 4 is 27.6 Å². The summed E-state index contributed by atoms with van der Waals surface area (Å²) in [6.07, 6.45) is 3.31. The summed E-state index contributed by atoms with van der Waals surface area (Å²) in [7, 11) is -3.40. The third-order valence-corrected chi connectivity index (χ3v) is 5.74. The van der Waals surface area contributed by atoms with E-state index in [2.05, 4.69) is 4.98 Å². The highest BCUT2D eigenvalue weighted by atomic mass is 32.2. The summed E-state index contributed by atoms with van der Waals surface area (Å²) in [4.78, 5) is 15.7. The smallest absolute Gasteiger partial charge is 0.335 e. The van der Waals surface area contributed by atoms with Crippen LogP contribution in [0.1, 0.15) is 10.4 Å². The molecular weight excluding hydrogens is 310 g/mol. The van der Waals surface area contributed by atoms with Gasteiger partial charge in [-0.25, -0.2) is 13.2 Å². The number of pyridine rings is 1. The maximum Gasteiger partial charge on any atom is 0.335 e. The predicted molar refractivity (Wildman–Crippen MR) is 80.4 cm³/mol. The average Bonchev–Trinajstić information content (AvgIpc) is 2.48. The summed E-state index contributed by atoms with van der Waals surface area (Å²) in [5, 5.41) is 8.79. The average molecular weight is 323 g/mol. The fourth-order valence-corrected chi connectivity index (χ4v) is 4.17. The van der Waals surface area contributed by atoms with Gasteiger partial charge >= 0.3 is 5.97 Å². The van der Waals surface area contributed by atoms with Gasteiger partial charge in [0, 0.05) is 23.0 Å². The van der Waals surface area contributed by atoms with Gasteiger partial charge in [-0.3, -0.25) is 4.98 Å². The molecule has 0 spiro atoms. The standard InChI is InChI=1S/C14H13NO4S2/c16-14(17)11-1-3-13(4-2-11)21(18,19)10-9-20-12-5-7-15-8-6-12/h1-8H,9-10H2,(H,16,17). The molecule has 0 fully saturated rings. The third-order valence-electron chi connectivity index (χ3n) is 2.73. The first-order valence-electron chi connectivity index (χ1n) is 6.08. The SMILES string of the molecule is O=C(O)c1ccc(S(=O)(=O)CCSc2ccncc2)cc1. The molecule has 0 saturated heterocycles. The minimum Gasteiger partial charge on any atom is -0.478 e. The van der Waals surface area contributed by atoms with Crippen LogP contribution in [0.5, 0.6) is 0 Å². The lowest BCUT2D eigenvalue weighted by molar-refractivity contribution is 0.0697. The van der Waals surface area contributed by atoms with Crippen LogP contribution in [0, 0.1) is 0 Å². The number of carboxylic acids is 1. The third kappa shape index (κ3) is 4.30. The van der Waals surface area contributed by atoms with E-state index in [9.17, 15) is 13.2 Å². The van der Waals surface area contributed by atoms with E-state index >= 15 is 0 Å². The Morgan fingerprint density at radius 3 is 2.29 bits per heavy atom. The van der Waals surface area contributed by atoms with Gasteiger partial charge in [-0.2, -0.15) is 0 Å². The van der Waals surface area contributed by atoms with E-state index in [0.29, 0.717) is 5.75 Å². The van der Waals surface area contributed by atoms with Crippen molar-refractivity contribution < 1.29 is 18.3 Å². The molecule has 0 bridgehead atoms. The van der Waals surface area contributed by atoms with Gasteiger partial charge in [0.15, 0.2) is 9.84 Å². The molecule has 0 atom stereocenters. The number of rotatable bonds is 6. The van der Waals surface area contributed by atoms with Crippen LogP contribution in [-0.2, 0) is 9.84 Å². The molecule has 2 rings (SSSR count). The summed E-state index contributed by atoms with van der Waals surface area (Å²) < 4.78 is 24.3. The highest BCUT2D eigenvalue weighted by molar-refractivity contribution is 8.00. The summed E-state index contributed by atoms with van der Waals surface area (Å²) >= 11 is 1.44. The van der Waals surface area contributed by atoms with E-state index in [0.717, 1.165) is 4.90 Å². The molecule has 21 heavy (non-hydrogen) atoms. The molecule has 110 valence electrons. The fourth-order valence-electron chi connectivity index (χ4n) is 1.63. The minimum absolute atomic E-state index is 0.00753. The number of aromatic nitrogens is 1. The van der Waals surface area contributed by atoms with Crippen molar-refractivity contribution in [3.8, 4) is 0 Å². The Balaban J connectivity index is 2.00. The van der Waals surface area contributed by atoms with Crippen LogP contribution in [0.2, 0.25) is 0 Å². The van der Waals surface area contributed by atoms with Gasteiger partial charge in [-0.05, 0) is 36.4 Å². The first kappa shape index (κ1) is 15.5. The molecule has 7 heteroatoms. The molecule has 0 unspecified atom stereocenters. The second kappa shape index (κ2) is 6.73. The topological polar surface area (TPSA) is 84.3 Å². The van der Waals surface area contributed by atoms with Crippen molar-refractivity contribution in [2.45, 2.75) is 9.79 Å². The maximum absolute atomic E-state index is 12.1. The summed E-state index contributed by atoms with van der Waals surface area (Å²) in [5.41, 5.74) is 0.0695. The van der Waals surface area contributed by atoms with Gasteiger partial charge in [-0.1, -0.05) is 0 Å². The summed E-state index contributed by atoms with van der Waals surface area (Å²) in [5.74, 6) is -0.661. The van der Waals surface area contributed by atoms with E-state index in [1.54, 1.807) is 12.4 Å². The monoisotopic (exact) mass is 323 g/mol. The number of hydrogen-bond donors (Lipinski definition) is 1. The normalized spacial score (nSPS) is 11.2. The number of thioether (sulfide) groups is 1. The largest absolute Gasteiger partial charge is 0.478 e. The number of benzene rings is 1. The van der Waals surface area contributed by atoms with Gasteiger partial charge in [0.2, 0.25) is 0 Å². The van der Waals surface area contributed by atoms with Crippen LogP contribution in [-0.4, -0.2) is 36.0 Å². The van der Waals surface area contributed by atoms with E-state index in [4.69, 9.17) is 5.11 Å². The number of carboxylic acid groups (broad SMARTS) is 1. The minimum atomic E-state index is -3.40. The maximum atomic E-state index is 12.1. The van der Waals surface area contributed by atoms with Gasteiger partial charge in [-0.15, -0.1) is 11.8 Å². The Hall–Kier alpha value is -1.86. The highest BCUT2D eigenvalue weighted by Gasteiger charge is 2.15. The molecule has 1 aromatic heterocycles. The van der Waals surface area contributed by atoms with Gasteiger partial charge in [0.05, 0.1) is 16.2 Å². The van der Waals surface area contributed by atoms with Crippen molar-refractivity contribution in [2.75, 3.05) is 11.5 Å². The molecule has 0 saturated carbocycles. The number of carbonyl (C=O) groups is 1. The van der Waals surface area contributed by atoms with E-state index < -0.39 is 15.8 Å². The number of aromatic carboxylic acids is 1. The molecule has 5 nitrogen and oxygen atoms in total. The predicted octanol–water partition coefficient (Wildman–Crippen LogP) is 2.35. The zero-order chi connectivity index (χ0) is 15.3. The molecule has 2 aromatic rings. The lowest BCUT2D eigenvalue weighted by Crippen LogP contribution is -2.09. The molecule has 0 radical (unpaired) electrons. The fraction of sp³-hybridized carbons (Fsp3) is 0.143. The first-order valence-corrected chi connectivity index (χ1v) is 8.72. The second-order valence-corrected chi connectivity index (χ2v) is 7.46. The Morgan fingerprint density at radius 2 is 1.71 bits per heavy atom. The molecule has 0 aliphatic rings. The van der Waals surface area contributed by atoms with Crippen molar-refractivity contribution in [3.05, 3.63) is 54.4 Å². The van der Waals surface area contributed by atoms with Crippen molar-refractivity contribution in [3.63, 3.8) is 0 Å². The van der Waals surface area contributed by atoms with Crippen molar-refractivity contribution in [2.24, 2.45) is 0 Å². The molecule has 0 amide bonds. The zero-order valence-electron chi connectivity index (χ0n) is 11.0. The molecule has 1 N–H and O–H groups in total. The van der Waals surface area contributed by atoms with Gasteiger partial charge in [0.25, 0.3) is 0 Å². The Morgan fingerprint density at radius 1 is 1.10 bits per heavy atom. The Bertz CT molecular complexity index is 712. The van der Waals surface area contributed by atoms with Crippen LogP contribution >= 0.6 is 11.8 Å². The van der Waals surface area contributed by atoms with Crippen LogP contribution < -0.4 is 0 Å². The van der Waals surface area contributed by atoms with E-state index in [-0.39, 0.29) is 16.2 Å². The molecule has 1 aromatic carbocycles. The molecule has 0 aliphatic heterocycles. The Kier molecular flexibility index (Phi) is 4.98. The highest BCUT2D eigenvalue weighted by Crippen LogP contribution is 2.19. The second-order valence-electron chi connectivity index (χ2n) is 4.18. The number of hydrogen-bond acceptors (Lipinski definition) is 5. The van der Waals surface area contributed by atoms with Crippen molar-refractivity contribution in [1.82, 2.24) is 4.98 Å². The van der Waals surface area contributed by atoms with Crippen LogP contribution in [0.4, 0.5) is 0 Å². The van der Waals surface area contributed by atoms with E-state index in [1.807, 2.05) is 12.1 Å². The van der Waals surface area contributed by atoms with E-state index in [1.165, 1.54) is 36.0 Å². The van der Waals surface area contributed by atoms with Crippen LogP contribution in [0.3, 0.4) is 0 Å². The van der Waals surface area contributed by atoms with Gasteiger partial charge < -0.3 is 5.11 Å². The number of sulfone groups is 1. The quantitative estimate of drug-likeness (QED) is 0.822. The Labute approximate surface area is 127 Å².